The summed E-state index contributed by atoms with van der Waals surface area (Å²) in [6, 6.07) is 16.8. The third kappa shape index (κ3) is 5.55. The number of hydrogen-bond donors (Lipinski definition) is 1. The molecular formula is C20H23N3O3S. The molecule has 0 saturated carbocycles. The summed E-state index contributed by atoms with van der Waals surface area (Å²) < 4.78 is 0. The van der Waals surface area contributed by atoms with E-state index in [2.05, 4.69) is 22.3 Å². The average Bonchev–Trinajstić information content (AvgIpc) is 3.22. The molecule has 1 atom stereocenters. The van der Waals surface area contributed by atoms with Gasteiger partial charge in [-0.1, -0.05) is 30.3 Å². The number of nitro groups is 1. The molecule has 7 heteroatoms. The molecule has 0 aromatic heterocycles. The Morgan fingerprint density at radius 1 is 1.11 bits per heavy atom. The zero-order valence-electron chi connectivity index (χ0n) is 15.0. The molecule has 1 aliphatic rings. The second-order valence-electron chi connectivity index (χ2n) is 6.51. The Labute approximate surface area is 163 Å². The van der Waals surface area contributed by atoms with E-state index in [0.29, 0.717) is 12.3 Å². The lowest BCUT2D eigenvalue weighted by Gasteiger charge is -2.28. The van der Waals surface area contributed by atoms with Crippen molar-refractivity contribution in [1.29, 1.82) is 0 Å². The lowest BCUT2D eigenvalue weighted by atomic mass is 10.1. The number of amides is 1. The van der Waals surface area contributed by atoms with Crippen molar-refractivity contribution in [2.24, 2.45) is 0 Å². The lowest BCUT2D eigenvalue weighted by molar-refractivity contribution is -0.384. The Bertz CT molecular complexity index is 762. The molecule has 0 spiro atoms. The van der Waals surface area contributed by atoms with Crippen LogP contribution in [0.1, 0.15) is 24.4 Å². The zero-order chi connectivity index (χ0) is 19.1. The van der Waals surface area contributed by atoms with Crippen LogP contribution in [0.3, 0.4) is 0 Å². The Hall–Kier alpha value is -2.38. The summed E-state index contributed by atoms with van der Waals surface area (Å²) in [5.41, 5.74) is 1.28. The monoisotopic (exact) mass is 385 g/mol. The van der Waals surface area contributed by atoms with Crippen molar-refractivity contribution < 1.29 is 9.72 Å². The van der Waals surface area contributed by atoms with Gasteiger partial charge in [-0.2, -0.15) is 0 Å². The normalized spacial score (nSPS) is 15.4. The Kier molecular flexibility index (Phi) is 6.84. The van der Waals surface area contributed by atoms with E-state index in [9.17, 15) is 14.9 Å². The van der Waals surface area contributed by atoms with Crippen molar-refractivity contribution >= 4 is 23.4 Å². The summed E-state index contributed by atoms with van der Waals surface area (Å²) in [7, 11) is 0. The van der Waals surface area contributed by atoms with Crippen molar-refractivity contribution in [1.82, 2.24) is 10.2 Å². The quantitative estimate of drug-likeness (QED) is 0.427. The highest BCUT2D eigenvalue weighted by atomic mass is 32.2. The molecule has 2 aromatic carbocycles. The minimum Gasteiger partial charge on any atom is -0.353 e. The molecule has 3 rings (SSSR count). The van der Waals surface area contributed by atoms with E-state index >= 15 is 0 Å². The number of carbonyl (C=O) groups is 1. The van der Waals surface area contributed by atoms with Gasteiger partial charge in [0.25, 0.3) is 5.69 Å². The van der Waals surface area contributed by atoms with Gasteiger partial charge in [-0.25, -0.2) is 0 Å². The van der Waals surface area contributed by atoms with Gasteiger partial charge in [0.05, 0.1) is 16.7 Å². The van der Waals surface area contributed by atoms with Crippen LogP contribution >= 0.6 is 11.8 Å². The van der Waals surface area contributed by atoms with Crippen LogP contribution in [-0.2, 0) is 4.79 Å². The first-order chi connectivity index (χ1) is 13.1. The van der Waals surface area contributed by atoms with Gasteiger partial charge in [0.2, 0.25) is 5.91 Å². The molecule has 27 heavy (non-hydrogen) atoms. The number of rotatable bonds is 8. The number of carbonyl (C=O) groups excluding carboxylic acids is 1. The van der Waals surface area contributed by atoms with E-state index in [-0.39, 0.29) is 17.6 Å². The Balaban J connectivity index is 1.52. The molecule has 1 saturated heterocycles. The highest BCUT2D eigenvalue weighted by Gasteiger charge is 2.23. The van der Waals surface area contributed by atoms with Crippen LogP contribution in [0.4, 0.5) is 5.69 Å². The van der Waals surface area contributed by atoms with Gasteiger partial charge in [-0.15, -0.1) is 11.8 Å². The first-order valence-corrected chi connectivity index (χ1v) is 10.0. The maximum absolute atomic E-state index is 12.3. The summed E-state index contributed by atoms with van der Waals surface area (Å²) >= 11 is 1.38. The molecule has 0 bridgehead atoms. The molecule has 1 amide bonds. The Morgan fingerprint density at radius 3 is 2.41 bits per heavy atom. The smallest absolute Gasteiger partial charge is 0.269 e. The minimum atomic E-state index is -0.427. The summed E-state index contributed by atoms with van der Waals surface area (Å²) in [6.45, 7) is 2.71. The van der Waals surface area contributed by atoms with Crippen molar-refractivity contribution in [2.75, 3.05) is 25.4 Å². The minimum absolute atomic E-state index is 0.0292. The fraction of sp³-hybridized carbons (Fsp3) is 0.350. The van der Waals surface area contributed by atoms with E-state index in [4.69, 9.17) is 0 Å². The number of nitrogens with one attached hydrogen (secondary N) is 1. The number of likely N-dealkylation sites (tertiary alicyclic amines) is 1. The fourth-order valence-electron chi connectivity index (χ4n) is 3.26. The van der Waals surface area contributed by atoms with E-state index in [1.165, 1.54) is 42.3 Å². The highest BCUT2D eigenvalue weighted by molar-refractivity contribution is 8.00. The molecule has 142 valence electrons. The zero-order valence-corrected chi connectivity index (χ0v) is 15.9. The summed E-state index contributed by atoms with van der Waals surface area (Å²) in [4.78, 5) is 25.8. The van der Waals surface area contributed by atoms with Gasteiger partial charge in [-0.05, 0) is 43.6 Å². The number of nitro benzene ring substituents is 1. The molecular weight excluding hydrogens is 362 g/mol. The molecule has 1 N–H and O–H groups in total. The number of thioether (sulfide) groups is 1. The predicted molar refractivity (Wildman–Crippen MR) is 107 cm³/mol. The Morgan fingerprint density at radius 2 is 1.78 bits per heavy atom. The first-order valence-electron chi connectivity index (χ1n) is 9.06. The van der Waals surface area contributed by atoms with Crippen LogP contribution in [-0.4, -0.2) is 41.1 Å². The molecule has 0 radical (unpaired) electrons. The number of hydrogen-bond acceptors (Lipinski definition) is 5. The van der Waals surface area contributed by atoms with Crippen molar-refractivity contribution in [3.8, 4) is 0 Å². The summed E-state index contributed by atoms with van der Waals surface area (Å²) in [5.74, 6) is 0.262. The average molecular weight is 385 g/mol. The largest absolute Gasteiger partial charge is 0.353 e. The highest BCUT2D eigenvalue weighted by Crippen LogP contribution is 2.25. The van der Waals surface area contributed by atoms with Gasteiger partial charge < -0.3 is 5.32 Å². The number of non-ortho nitro benzene ring substituents is 1. The van der Waals surface area contributed by atoms with Gasteiger partial charge in [-0.3, -0.25) is 19.8 Å². The van der Waals surface area contributed by atoms with Gasteiger partial charge >= 0.3 is 0 Å². The van der Waals surface area contributed by atoms with E-state index in [1.54, 1.807) is 12.1 Å². The third-order valence-electron chi connectivity index (χ3n) is 4.68. The van der Waals surface area contributed by atoms with E-state index < -0.39 is 4.92 Å². The van der Waals surface area contributed by atoms with Crippen LogP contribution < -0.4 is 5.32 Å². The number of benzene rings is 2. The molecule has 0 aliphatic carbocycles. The molecule has 1 unspecified atom stereocenters. The van der Waals surface area contributed by atoms with Crippen LogP contribution in [0.5, 0.6) is 0 Å². The molecule has 1 aliphatic heterocycles. The van der Waals surface area contributed by atoms with Gasteiger partial charge in [0.15, 0.2) is 0 Å². The fourth-order valence-corrected chi connectivity index (χ4v) is 3.99. The number of nitrogens with zero attached hydrogens (tertiary/aromatic N) is 2. The van der Waals surface area contributed by atoms with Crippen molar-refractivity contribution in [3.63, 3.8) is 0 Å². The SMILES string of the molecule is O=C(CSc1ccc([N+](=O)[O-])cc1)NCC(c1ccccc1)N1CCCC1. The van der Waals surface area contributed by atoms with Crippen molar-refractivity contribution in [3.05, 3.63) is 70.3 Å². The maximum Gasteiger partial charge on any atom is 0.269 e. The van der Waals surface area contributed by atoms with Crippen molar-refractivity contribution in [2.45, 2.75) is 23.8 Å². The maximum atomic E-state index is 12.3. The molecule has 1 heterocycles. The van der Waals surface area contributed by atoms with Crippen LogP contribution in [0.25, 0.3) is 0 Å². The summed E-state index contributed by atoms with van der Waals surface area (Å²) in [6.07, 6.45) is 2.40. The van der Waals surface area contributed by atoms with Crippen LogP contribution in [0.15, 0.2) is 59.5 Å². The topological polar surface area (TPSA) is 75.5 Å². The van der Waals surface area contributed by atoms with Crippen LogP contribution in [0, 0.1) is 10.1 Å². The lowest BCUT2D eigenvalue weighted by Crippen LogP contribution is -2.37. The standard InChI is InChI=1S/C20H23N3O3S/c24-20(15-27-18-10-8-17(9-11-18)23(25)26)21-14-19(22-12-4-5-13-22)16-6-2-1-3-7-16/h1-3,6-11,19H,4-5,12-15H2,(H,21,24). The first kappa shape index (κ1) is 19.4. The third-order valence-corrected chi connectivity index (χ3v) is 5.69. The molecule has 6 nitrogen and oxygen atoms in total. The summed E-state index contributed by atoms with van der Waals surface area (Å²) in [5, 5.41) is 13.7. The second-order valence-corrected chi connectivity index (χ2v) is 7.56. The van der Waals surface area contributed by atoms with Gasteiger partial charge in [0.1, 0.15) is 0 Å². The van der Waals surface area contributed by atoms with Gasteiger partial charge in [0, 0.05) is 23.6 Å². The second kappa shape index (κ2) is 9.53. The van der Waals surface area contributed by atoms with E-state index in [0.717, 1.165) is 18.0 Å². The van der Waals surface area contributed by atoms with Crippen LogP contribution in [0.2, 0.25) is 0 Å². The molecule has 1 fully saturated rings. The predicted octanol–water partition coefficient (Wildman–Crippen LogP) is 3.64. The van der Waals surface area contributed by atoms with E-state index in [1.807, 2.05) is 18.2 Å². The molecule has 2 aromatic rings.